The first-order valence-corrected chi connectivity index (χ1v) is 5.46. The summed E-state index contributed by atoms with van der Waals surface area (Å²) in [5.41, 5.74) is 3.78. The van der Waals surface area contributed by atoms with Gasteiger partial charge in [0.25, 0.3) is 0 Å². The monoisotopic (exact) mass is 271 g/mol. The predicted molar refractivity (Wildman–Crippen MR) is 66.8 cm³/mol. The van der Waals surface area contributed by atoms with Crippen LogP contribution in [0.25, 0.3) is 0 Å². The van der Waals surface area contributed by atoms with E-state index in [4.69, 9.17) is 20.5 Å². The lowest BCUT2D eigenvalue weighted by atomic mass is 10.1. The molecule has 0 aliphatic rings. The van der Waals surface area contributed by atoms with Crippen LogP contribution in [0.2, 0.25) is 0 Å². The average Bonchev–Trinajstić information content (AvgIpc) is 2.21. The molecule has 1 aromatic rings. The van der Waals surface area contributed by atoms with Gasteiger partial charge >= 0.3 is 13.3 Å². The minimum atomic E-state index is -2.13. The van der Waals surface area contributed by atoms with Gasteiger partial charge in [0, 0.05) is 0 Å². The van der Waals surface area contributed by atoms with Crippen LogP contribution in [0.4, 0.5) is 10.1 Å². The Balaban J connectivity index is 3.06. The lowest BCUT2D eigenvalue weighted by molar-refractivity contribution is 0.00648. The minimum Gasteiger partial charge on any atom is -0.510 e. The second kappa shape index (κ2) is 5.46. The Hall–Kier alpha value is -1.80. The number of nitrogens with two attached hydrogens (primary N) is 1. The van der Waals surface area contributed by atoms with Crippen LogP contribution in [0.3, 0.4) is 0 Å². The van der Waals surface area contributed by atoms with Crippen molar-refractivity contribution in [1.29, 1.82) is 0 Å². The molecule has 104 valence electrons. The average molecular weight is 271 g/mol. The highest BCUT2D eigenvalue weighted by atomic mass is 19.1. The maximum Gasteiger partial charge on any atom is 0.707 e. The van der Waals surface area contributed by atoms with E-state index in [2.05, 4.69) is 4.65 Å². The van der Waals surface area contributed by atoms with Gasteiger partial charge in [-0.3, -0.25) is 0 Å². The number of esters is 1. The first-order chi connectivity index (χ1) is 8.61. The number of halogens is 1. The Kier molecular flexibility index (Phi) is 4.38. The quantitative estimate of drug-likeness (QED) is 0.425. The van der Waals surface area contributed by atoms with E-state index in [1.54, 1.807) is 20.8 Å². The van der Waals surface area contributed by atoms with Gasteiger partial charge in [-0.15, -0.1) is 0 Å². The van der Waals surface area contributed by atoms with E-state index in [9.17, 15) is 9.18 Å². The standard InChI is InChI=1S/C11H15BFNO5/c1-11(2,3)18-10(15)6-4-5-7(19-12(16)17)9(14)8(6)13/h4-5,16-17H,14H2,1-3H3. The van der Waals surface area contributed by atoms with Crippen molar-refractivity contribution in [1.82, 2.24) is 0 Å². The summed E-state index contributed by atoms with van der Waals surface area (Å²) >= 11 is 0. The highest BCUT2D eigenvalue weighted by Gasteiger charge is 2.24. The fraction of sp³-hybridized carbons (Fsp3) is 0.364. The summed E-state index contributed by atoms with van der Waals surface area (Å²) < 4.78 is 23.3. The molecule has 0 radical (unpaired) electrons. The van der Waals surface area contributed by atoms with Gasteiger partial charge in [-0.25, -0.2) is 9.18 Å². The van der Waals surface area contributed by atoms with Gasteiger partial charge in [0.05, 0.1) is 5.56 Å². The Morgan fingerprint density at radius 1 is 1.37 bits per heavy atom. The molecule has 0 amide bonds. The number of hydrogen-bond donors (Lipinski definition) is 3. The number of nitrogen functional groups attached to an aromatic ring is 1. The van der Waals surface area contributed by atoms with Crippen molar-refractivity contribution >= 4 is 19.0 Å². The second-order valence-corrected chi connectivity index (χ2v) is 4.78. The highest BCUT2D eigenvalue weighted by Crippen LogP contribution is 2.28. The fourth-order valence-corrected chi connectivity index (χ4v) is 1.28. The Morgan fingerprint density at radius 2 is 1.95 bits per heavy atom. The molecule has 0 atom stereocenters. The summed E-state index contributed by atoms with van der Waals surface area (Å²) in [4.78, 5) is 11.7. The van der Waals surface area contributed by atoms with Crippen molar-refractivity contribution in [2.75, 3.05) is 5.73 Å². The molecule has 0 unspecified atom stereocenters. The summed E-state index contributed by atoms with van der Waals surface area (Å²) in [5.74, 6) is -2.18. The van der Waals surface area contributed by atoms with Gasteiger partial charge in [-0.05, 0) is 32.9 Å². The van der Waals surface area contributed by atoms with Crippen molar-refractivity contribution in [3.8, 4) is 5.75 Å². The molecular weight excluding hydrogens is 256 g/mol. The lowest BCUT2D eigenvalue weighted by Gasteiger charge is -2.20. The van der Waals surface area contributed by atoms with E-state index in [0.717, 1.165) is 12.1 Å². The number of anilines is 1. The summed E-state index contributed by atoms with van der Waals surface area (Å²) in [6, 6.07) is 2.24. The normalized spacial score (nSPS) is 11.1. The highest BCUT2D eigenvalue weighted by molar-refractivity contribution is 6.34. The molecule has 0 aliphatic carbocycles. The number of hydrogen-bond acceptors (Lipinski definition) is 6. The topological polar surface area (TPSA) is 102 Å². The van der Waals surface area contributed by atoms with E-state index in [0.29, 0.717) is 0 Å². The number of carbonyl (C=O) groups excluding carboxylic acids is 1. The van der Waals surface area contributed by atoms with Crippen molar-refractivity contribution < 1.29 is 28.6 Å². The molecule has 6 nitrogen and oxygen atoms in total. The van der Waals surface area contributed by atoms with Crippen LogP contribution in [-0.4, -0.2) is 28.9 Å². The number of ether oxygens (including phenoxy) is 1. The lowest BCUT2D eigenvalue weighted by Crippen LogP contribution is -2.25. The molecule has 0 aliphatic heterocycles. The first kappa shape index (κ1) is 15.3. The van der Waals surface area contributed by atoms with Crippen molar-refractivity contribution in [2.24, 2.45) is 0 Å². The van der Waals surface area contributed by atoms with E-state index in [-0.39, 0.29) is 11.3 Å². The van der Waals surface area contributed by atoms with Crippen LogP contribution in [0.1, 0.15) is 31.1 Å². The molecule has 1 rings (SSSR count). The fourth-order valence-electron chi connectivity index (χ4n) is 1.28. The Labute approximate surface area is 110 Å². The number of carbonyl (C=O) groups is 1. The van der Waals surface area contributed by atoms with E-state index in [1.165, 1.54) is 0 Å². The van der Waals surface area contributed by atoms with Gasteiger partial charge in [-0.2, -0.15) is 0 Å². The van der Waals surface area contributed by atoms with Gasteiger partial charge < -0.3 is 25.2 Å². The third-order valence-corrected chi connectivity index (χ3v) is 1.99. The Bertz CT molecular complexity index is 487. The van der Waals surface area contributed by atoms with Crippen LogP contribution >= 0.6 is 0 Å². The zero-order valence-electron chi connectivity index (χ0n) is 10.8. The third kappa shape index (κ3) is 4.11. The molecule has 1 aromatic carbocycles. The van der Waals surface area contributed by atoms with Gasteiger partial charge in [0.15, 0.2) is 5.82 Å². The molecule has 0 fully saturated rings. The predicted octanol–water partition coefficient (Wildman–Crippen LogP) is 0.712. The second-order valence-electron chi connectivity index (χ2n) is 4.78. The number of benzene rings is 1. The van der Waals surface area contributed by atoms with Crippen molar-refractivity contribution in [3.63, 3.8) is 0 Å². The van der Waals surface area contributed by atoms with Crippen LogP contribution in [0.15, 0.2) is 12.1 Å². The van der Waals surface area contributed by atoms with Crippen molar-refractivity contribution in [3.05, 3.63) is 23.5 Å². The van der Waals surface area contributed by atoms with Gasteiger partial charge in [-0.1, -0.05) is 0 Å². The minimum absolute atomic E-state index is 0.278. The smallest absolute Gasteiger partial charge is 0.510 e. The summed E-state index contributed by atoms with van der Waals surface area (Å²) in [5, 5.41) is 17.2. The van der Waals surface area contributed by atoms with Crippen LogP contribution in [-0.2, 0) is 4.74 Å². The number of rotatable bonds is 3. The maximum atomic E-state index is 13.9. The molecule has 0 saturated carbocycles. The first-order valence-electron chi connectivity index (χ1n) is 5.46. The van der Waals surface area contributed by atoms with E-state index >= 15 is 0 Å². The summed E-state index contributed by atoms with van der Waals surface area (Å²) in [7, 11) is -2.13. The maximum absolute atomic E-state index is 13.9. The largest absolute Gasteiger partial charge is 0.707 e. The van der Waals surface area contributed by atoms with E-state index in [1.807, 2.05) is 0 Å². The summed E-state index contributed by atoms with van der Waals surface area (Å²) in [6.07, 6.45) is 0. The van der Waals surface area contributed by atoms with Gasteiger partial charge in [0.1, 0.15) is 17.0 Å². The molecular formula is C11H15BFNO5. The molecule has 4 N–H and O–H groups in total. The van der Waals surface area contributed by atoms with Crippen LogP contribution < -0.4 is 10.4 Å². The zero-order valence-corrected chi connectivity index (χ0v) is 10.8. The van der Waals surface area contributed by atoms with E-state index < -0.39 is 30.4 Å². The molecule has 0 bridgehead atoms. The molecule has 0 heterocycles. The molecule has 0 saturated heterocycles. The summed E-state index contributed by atoms with van der Waals surface area (Å²) in [6.45, 7) is 4.93. The zero-order chi connectivity index (χ0) is 14.8. The third-order valence-electron chi connectivity index (χ3n) is 1.99. The van der Waals surface area contributed by atoms with Crippen LogP contribution in [0.5, 0.6) is 5.75 Å². The van der Waals surface area contributed by atoms with Gasteiger partial charge in [0.2, 0.25) is 0 Å². The molecule has 8 heteroatoms. The molecule has 19 heavy (non-hydrogen) atoms. The van der Waals surface area contributed by atoms with Crippen LogP contribution in [0, 0.1) is 5.82 Å². The SMILES string of the molecule is CC(C)(C)OC(=O)c1ccc(OB(O)O)c(N)c1F. The molecule has 0 spiro atoms. The Morgan fingerprint density at radius 3 is 2.42 bits per heavy atom. The van der Waals surface area contributed by atoms with Crippen molar-refractivity contribution in [2.45, 2.75) is 26.4 Å². The molecule has 0 aromatic heterocycles.